The monoisotopic (exact) mass is 537 g/mol. The summed E-state index contributed by atoms with van der Waals surface area (Å²) in [5.41, 5.74) is 8.89. The third kappa shape index (κ3) is 7.74. The summed E-state index contributed by atoms with van der Waals surface area (Å²) in [6.07, 6.45) is -0.423. The molecule has 8 heteroatoms. The number of amidine groups is 1. The molecule has 3 aromatic rings. The Labute approximate surface area is 229 Å². The van der Waals surface area contributed by atoms with Crippen LogP contribution >= 0.6 is 11.3 Å². The molecule has 0 unspecified atom stereocenters. The zero-order chi connectivity index (χ0) is 28.1. The van der Waals surface area contributed by atoms with Crippen LogP contribution in [-0.4, -0.2) is 46.7 Å². The number of nitrogens with zero attached hydrogens (tertiary/aromatic N) is 2. The van der Waals surface area contributed by atoms with E-state index in [4.69, 9.17) is 10.5 Å². The Morgan fingerprint density at radius 3 is 2.11 bits per heavy atom. The lowest BCUT2D eigenvalue weighted by Crippen LogP contribution is -2.35. The van der Waals surface area contributed by atoms with Gasteiger partial charge in [0.1, 0.15) is 23.9 Å². The molecule has 0 spiro atoms. The first-order valence-electron chi connectivity index (χ1n) is 12.7. The minimum absolute atomic E-state index is 0.208. The molecule has 38 heavy (non-hydrogen) atoms. The molecule has 1 amide bonds. The minimum Gasteiger partial charge on any atom is -0.507 e. The highest BCUT2D eigenvalue weighted by atomic mass is 32.1. The SMILES string of the molecule is CC(C)(C)c1cc(OCCN(CCc2ccc(N=C(N)c3cccs3)cc2)C(=O)O)cc(C(C)(C)C)c1O. The summed E-state index contributed by atoms with van der Waals surface area (Å²) in [4.78, 5) is 18.6. The number of phenols is 1. The van der Waals surface area contributed by atoms with E-state index in [1.165, 1.54) is 16.2 Å². The van der Waals surface area contributed by atoms with Crippen LogP contribution in [0.2, 0.25) is 0 Å². The van der Waals surface area contributed by atoms with E-state index in [0.717, 1.165) is 27.3 Å². The van der Waals surface area contributed by atoms with Gasteiger partial charge in [0.15, 0.2) is 0 Å². The summed E-state index contributed by atoms with van der Waals surface area (Å²) in [7, 11) is 0. The van der Waals surface area contributed by atoms with Crippen LogP contribution in [0.15, 0.2) is 58.9 Å². The van der Waals surface area contributed by atoms with Gasteiger partial charge >= 0.3 is 6.09 Å². The van der Waals surface area contributed by atoms with E-state index < -0.39 is 6.09 Å². The molecule has 0 fully saturated rings. The van der Waals surface area contributed by atoms with Gasteiger partial charge in [-0.1, -0.05) is 59.7 Å². The first-order valence-corrected chi connectivity index (χ1v) is 13.6. The Morgan fingerprint density at radius 2 is 1.61 bits per heavy atom. The van der Waals surface area contributed by atoms with Crippen molar-refractivity contribution in [2.75, 3.05) is 19.7 Å². The molecule has 2 aromatic carbocycles. The van der Waals surface area contributed by atoms with Gasteiger partial charge in [-0.2, -0.15) is 0 Å². The number of thiophene rings is 1. The molecule has 1 aromatic heterocycles. The molecule has 3 rings (SSSR count). The highest BCUT2D eigenvalue weighted by Gasteiger charge is 2.27. The Balaban J connectivity index is 1.62. The van der Waals surface area contributed by atoms with Gasteiger partial charge in [0.05, 0.1) is 17.1 Å². The smallest absolute Gasteiger partial charge is 0.407 e. The zero-order valence-corrected chi connectivity index (χ0v) is 23.9. The number of phenolic OH excluding ortho intramolecular Hbond substituents is 1. The second kappa shape index (κ2) is 11.9. The number of ether oxygens (including phenoxy) is 1. The number of carbonyl (C=O) groups is 1. The van der Waals surface area contributed by atoms with E-state index in [-0.39, 0.29) is 29.7 Å². The molecule has 204 valence electrons. The van der Waals surface area contributed by atoms with Crippen molar-refractivity contribution < 1.29 is 19.7 Å². The van der Waals surface area contributed by atoms with E-state index in [9.17, 15) is 15.0 Å². The van der Waals surface area contributed by atoms with Crippen molar-refractivity contribution in [3.8, 4) is 11.5 Å². The molecule has 0 atom stereocenters. The molecule has 0 aliphatic rings. The number of carboxylic acid groups (broad SMARTS) is 1. The third-order valence-corrected chi connectivity index (χ3v) is 7.12. The average Bonchev–Trinajstić information content (AvgIpc) is 3.36. The fourth-order valence-electron chi connectivity index (χ4n) is 4.03. The van der Waals surface area contributed by atoms with Crippen LogP contribution in [0, 0.1) is 0 Å². The molecule has 7 nitrogen and oxygen atoms in total. The van der Waals surface area contributed by atoms with Gasteiger partial charge in [-0.25, -0.2) is 9.79 Å². The molecule has 0 aliphatic heterocycles. The highest BCUT2D eigenvalue weighted by molar-refractivity contribution is 7.12. The number of aromatic hydroxyl groups is 1. The number of aliphatic imine (C=N–C) groups is 1. The molecule has 1 heterocycles. The van der Waals surface area contributed by atoms with Crippen molar-refractivity contribution in [2.24, 2.45) is 10.7 Å². The summed E-state index contributed by atoms with van der Waals surface area (Å²) in [5.74, 6) is 1.39. The fraction of sp³-hybridized carbons (Fsp3) is 0.400. The van der Waals surface area contributed by atoms with E-state index in [2.05, 4.69) is 4.99 Å². The molecule has 0 saturated heterocycles. The minimum atomic E-state index is -0.991. The molecule has 0 aliphatic carbocycles. The van der Waals surface area contributed by atoms with E-state index in [1.54, 1.807) is 0 Å². The molecule has 0 saturated carbocycles. The summed E-state index contributed by atoms with van der Waals surface area (Å²) in [5, 5.41) is 22.6. The van der Waals surface area contributed by atoms with Gasteiger partial charge in [-0.05, 0) is 58.5 Å². The zero-order valence-electron chi connectivity index (χ0n) is 23.1. The molecule has 0 radical (unpaired) electrons. The van der Waals surface area contributed by atoms with Crippen LogP contribution in [0.25, 0.3) is 0 Å². The van der Waals surface area contributed by atoms with Crippen molar-refractivity contribution in [1.82, 2.24) is 4.90 Å². The number of nitrogens with two attached hydrogens (primary N) is 1. The predicted octanol–water partition coefficient (Wildman–Crippen LogP) is 6.69. The van der Waals surface area contributed by atoms with Crippen molar-refractivity contribution in [3.63, 3.8) is 0 Å². The lowest BCUT2D eigenvalue weighted by Gasteiger charge is -2.28. The number of amides is 1. The van der Waals surface area contributed by atoms with Crippen LogP contribution in [0.4, 0.5) is 10.5 Å². The fourth-order valence-corrected chi connectivity index (χ4v) is 4.66. The number of rotatable bonds is 9. The third-order valence-electron chi connectivity index (χ3n) is 6.23. The van der Waals surface area contributed by atoms with Crippen LogP contribution in [-0.2, 0) is 17.3 Å². The van der Waals surface area contributed by atoms with E-state index >= 15 is 0 Å². The van der Waals surface area contributed by atoms with E-state index in [1.807, 2.05) is 95.5 Å². The maximum absolute atomic E-state index is 11.9. The van der Waals surface area contributed by atoms with Gasteiger partial charge in [0.25, 0.3) is 0 Å². The number of hydrogen-bond acceptors (Lipinski definition) is 5. The van der Waals surface area contributed by atoms with Gasteiger partial charge in [-0.3, -0.25) is 0 Å². The summed E-state index contributed by atoms with van der Waals surface area (Å²) < 4.78 is 6.01. The van der Waals surface area contributed by atoms with Gasteiger partial charge in [0, 0.05) is 17.7 Å². The van der Waals surface area contributed by atoms with Crippen LogP contribution in [0.3, 0.4) is 0 Å². The predicted molar refractivity (Wildman–Crippen MR) is 155 cm³/mol. The number of benzene rings is 2. The molecule has 4 N–H and O–H groups in total. The lowest BCUT2D eigenvalue weighted by atomic mass is 9.79. The van der Waals surface area contributed by atoms with Gasteiger partial charge < -0.3 is 25.6 Å². The topological polar surface area (TPSA) is 108 Å². The summed E-state index contributed by atoms with van der Waals surface area (Å²) in [6.45, 7) is 13.0. The van der Waals surface area contributed by atoms with Gasteiger partial charge in [-0.15, -0.1) is 11.3 Å². The normalized spacial score (nSPS) is 12.4. The average molecular weight is 538 g/mol. The Morgan fingerprint density at radius 1 is 1.00 bits per heavy atom. The highest BCUT2D eigenvalue weighted by Crippen LogP contribution is 2.41. The lowest BCUT2D eigenvalue weighted by molar-refractivity contribution is 0.136. The maximum Gasteiger partial charge on any atom is 0.407 e. The van der Waals surface area contributed by atoms with Crippen molar-refractivity contribution >= 4 is 29.0 Å². The molecule has 0 bridgehead atoms. The second-order valence-corrected chi connectivity index (χ2v) is 12.3. The Kier molecular flexibility index (Phi) is 9.09. The summed E-state index contributed by atoms with van der Waals surface area (Å²) in [6, 6.07) is 15.2. The van der Waals surface area contributed by atoms with Crippen LogP contribution in [0.1, 0.15) is 63.1 Å². The standard InChI is InChI=1S/C30H39N3O4S/c1-29(2,3)23-18-22(19-24(26(23)34)30(4,5)6)37-16-15-33(28(35)36)14-13-20-9-11-21(12-10-20)32-27(31)25-8-7-17-38-25/h7-12,17-19,34H,13-16H2,1-6H3,(H2,31,32)(H,35,36). The second-order valence-electron chi connectivity index (χ2n) is 11.4. The van der Waals surface area contributed by atoms with Crippen molar-refractivity contribution in [2.45, 2.75) is 58.8 Å². The van der Waals surface area contributed by atoms with Crippen LogP contribution in [0.5, 0.6) is 11.5 Å². The van der Waals surface area contributed by atoms with E-state index in [0.29, 0.717) is 24.6 Å². The van der Waals surface area contributed by atoms with Crippen molar-refractivity contribution in [3.05, 3.63) is 75.5 Å². The van der Waals surface area contributed by atoms with Crippen molar-refractivity contribution in [1.29, 1.82) is 0 Å². The summed E-state index contributed by atoms with van der Waals surface area (Å²) >= 11 is 1.54. The largest absolute Gasteiger partial charge is 0.507 e. The Hall–Kier alpha value is -3.52. The number of hydrogen-bond donors (Lipinski definition) is 3. The first kappa shape index (κ1) is 29.0. The first-order chi connectivity index (χ1) is 17.8. The van der Waals surface area contributed by atoms with Gasteiger partial charge in [0.2, 0.25) is 0 Å². The molecular formula is C30H39N3O4S. The van der Waals surface area contributed by atoms with Crippen LogP contribution < -0.4 is 10.5 Å². The Bertz CT molecular complexity index is 1220. The molecular weight excluding hydrogens is 498 g/mol. The maximum atomic E-state index is 11.9. The quantitative estimate of drug-likeness (QED) is 0.208.